The van der Waals surface area contributed by atoms with E-state index in [0.29, 0.717) is 25.0 Å². The molecule has 2 rings (SSSR count). The monoisotopic (exact) mass is 269 g/mol. The normalized spacial score (nSPS) is 29.4. The van der Waals surface area contributed by atoms with Gasteiger partial charge < -0.3 is 9.47 Å². The largest absolute Gasteiger partial charge is 0.460 e. The van der Waals surface area contributed by atoms with Crippen LogP contribution in [0.25, 0.3) is 0 Å². The van der Waals surface area contributed by atoms with Crippen LogP contribution in [-0.2, 0) is 14.3 Å². The number of esters is 1. The number of hydrogen-bond donors (Lipinski definition) is 0. The zero-order valence-corrected chi connectivity index (χ0v) is 12.5. The first-order valence-corrected chi connectivity index (χ1v) is 7.49. The van der Waals surface area contributed by atoms with Crippen LogP contribution in [0.5, 0.6) is 0 Å². The molecule has 2 atom stereocenters. The summed E-state index contributed by atoms with van der Waals surface area (Å²) in [5, 5.41) is 0. The molecule has 0 aromatic rings. The van der Waals surface area contributed by atoms with Crippen LogP contribution in [0.15, 0.2) is 0 Å². The van der Waals surface area contributed by atoms with Crippen LogP contribution in [0, 0.1) is 5.92 Å². The first-order chi connectivity index (χ1) is 8.96. The van der Waals surface area contributed by atoms with Gasteiger partial charge in [0.15, 0.2) is 0 Å². The van der Waals surface area contributed by atoms with Gasteiger partial charge in [-0.15, -0.1) is 0 Å². The minimum absolute atomic E-state index is 0.0906. The van der Waals surface area contributed by atoms with Crippen molar-refractivity contribution in [2.45, 2.75) is 58.1 Å². The van der Waals surface area contributed by atoms with Gasteiger partial charge in [-0.3, -0.25) is 9.69 Å². The van der Waals surface area contributed by atoms with Crippen LogP contribution < -0.4 is 0 Å². The fourth-order valence-electron chi connectivity index (χ4n) is 3.13. The summed E-state index contributed by atoms with van der Waals surface area (Å²) in [7, 11) is 0. The minimum atomic E-state index is -0.393. The summed E-state index contributed by atoms with van der Waals surface area (Å²) in [6.07, 6.45) is 4.11. The smallest absolute Gasteiger partial charge is 0.306 e. The molecule has 4 heteroatoms. The summed E-state index contributed by atoms with van der Waals surface area (Å²) in [5.74, 6) is 0.203. The molecule has 19 heavy (non-hydrogen) atoms. The molecule has 2 heterocycles. The van der Waals surface area contributed by atoms with Gasteiger partial charge >= 0.3 is 5.97 Å². The van der Waals surface area contributed by atoms with E-state index in [0.717, 1.165) is 13.0 Å². The van der Waals surface area contributed by atoms with E-state index in [4.69, 9.17) is 9.47 Å². The van der Waals surface area contributed by atoms with Crippen LogP contribution in [0.4, 0.5) is 0 Å². The van der Waals surface area contributed by atoms with E-state index < -0.39 is 5.60 Å². The SMILES string of the molecule is CC(C)(C)OC(=O)C[C@H]1COCC[C@@H]1N1CCCC1. The van der Waals surface area contributed by atoms with Crippen LogP contribution in [-0.4, -0.2) is 48.8 Å². The lowest BCUT2D eigenvalue weighted by molar-refractivity contribution is -0.158. The van der Waals surface area contributed by atoms with E-state index >= 15 is 0 Å². The van der Waals surface area contributed by atoms with Crippen molar-refractivity contribution < 1.29 is 14.3 Å². The van der Waals surface area contributed by atoms with Crippen molar-refractivity contribution in [1.29, 1.82) is 0 Å². The molecule has 2 aliphatic heterocycles. The maximum absolute atomic E-state index is 12.0. The number of carbonyl (C=O) groups excluding carboxylic acids is 1. The van der Waals surface area contributed by atoms with E-state index in [1.54, 1.807) is 0 Å². The molecule has 2 fully saturated rings. The van der Waals surface area contributed by atoms with Gasteiger partial charge in [0.25, 0.3) is 0 Å². The second-order valence-corrected chi connectivity index (χ2v) is 6.72. The third-order valence-electron chi connectivity index (χ3n) is 3.89. The van der Waals surface area contributed by atoms with Crippen LogP contribution in [0.1, 0.15) is 46.5 Å². The van der Waals surface area contributed by atoms with Crippen LogP contribution >= 0.6 is 0 Å². The van der Waals surface area contributed by atoms with Crippen molar-refractivity contribution in [3.05, 3.63) is 0 Å². The second-order valence-electron chi connectivity index (χ2n) is 6.72. The quantitative estimate of drug-likeness (QED) is 0.736. The summed E-state index contributed by atoms with van der Waals surface area (Å²) in [5.41, 5.74) is -0.393. The lowest BCUT2D eigenvalue weighted by Crippen LogP contribution is -2.45. The Hall–Kier alpha value is -0.610. The minimum Gasteiger partial charge on any atom is -0.460 e. The molecule has 0 bridgehead atoms. The average molecular weight is 269 g/mol. The lowest BCUT2D eigenvalue weighted by atomic mass is 9.91. The highest BCUT2D eigenvalue weighted by Crippen LogP contribution is 2.27. The van der Waals surface area contributed by atoms with Crippen LogP contribution in [0.2, 0.25) is 0 Å². The predicted octanol–water partition coefficient (Wildman–Crippen LogP) is 2.22. The topological polar surface area (TPSA) is 38.8 Å². The highest BCUT2D eigenvalue weighted by Gasteiger charge is 2.34. The van der Waals surface area contributed by atoms with Gasteiger partial charge in [0.1, 0.15) is 5.60 Å². The fourth-order valence-corrected chi connectivity index (χ4v) is 3.13. The van der Waals surface area contributed by atoms with Crippen molar-refractivity contribution in [2.24, 2.45) is 5.92 Å². The van der Waals surface area contributed by atoms with Gasteiger partial charge in [0.05, 0.1) is 13.0 Å². The molecule has 0 aromatic heterocycles. The first-order valence-electron chi connectivity index (χ1n) is 7.49. The Labute approximate surface area is 116 Å². The zero-order chi connectivity index (χ0) is 13.9. The van der Waals surface area contributed by atoms with Gasteiger partial charge in [0.2, 0.25) is 0 Å². The molecular weight excluding hydrogens is 242 g/mol. The Bertz CT molecular complexity index is 305. The standard InChI is InChI=1S/C15H27NO3/c1-15(2,3)19-14(17)10-12-11-18-9-6-13(12)16-7-4-5-8-16/h12-13H,4-11H2,1-3H3/t12-,13-/m0/s1. The third-order valence-corrected chi connectivity index (χ3v) is 3.89. The van der Waals surface area contributed by atoms with Crippen molar-refractivity contribution in [3.63, 3.8) is 0 Å². The van der Waals surface area contributed by atoms with Crippen molar-refractivity contribution in [3.8, 4) is 0 Å². The molecular formula is C15H27NO3. The van der Waals surface area contributed by atoms with E-state index in [1.807, 2.05) is 20.8 Å². The fraction of sp³-hybridized carbons (Fsp3) is 0.933. The molecule has 0 N–H and O–H groups in total. The Morgan fingerprint density at radius 2 is 2.00 bits per heavy atom. The van der Waals surface area contributed by atoms with Gasteiger partial charge in [-0.1, -0.05) is 0 Å². The van der Waals surface area contributed by atoms with Crippen molar-refractivity contribution >= 4 is 5.97 Å². The molecule has 0 unspecified atom stereocenters. The molecule has 110 valence electrons. The maximum Gasteiger partial charge on any atom is 0.306 e. The Kier molecular flexibility index (Phi) is 4.85. The number of rotatable bonds is 3. The second kappa shape index (κ2) is 6.23. The summed E-state index contributed by atoms with van der Waals surface area (Å²) in [6, 6.07) is 0.503. The number of carbonyl (C=O) groups is 1. The number of likely N-dealkylation sites (tertiary alicyclic amines) is 1. The highest BCUT2D eigenvalue weighted by atomic mass is 16.6. The zero-order valence-electron chi connectivity index (χ0n) is 12.5. The summed E-state index contributed by atoms with van der Waals surface area (Å²) in [4.78, 5) is 14.5. The highest BCUT2D eigenvalue weighted by molar-refractivity contribution is 5.70. The lowest BCUT2D eigenvalue weighted by Gasteiger charge is -2.37. The van der Waals surface area contributed by atoms with E-state index in [9.17, 15) is 4.79 Å². The van der Waals surface area contributed by atoms with Crippen molar-refractivity contribution in [1.82, 2.24) is 4.90 Å². The molecule has 0 saturated carbocycles. The predicted molar refractivity (Wildman–Crippen MR) is 74.0 cm³/mol. The summed E-state index contributed by atoms with van der Waals surface area (Å²) >= 11 is 0. The van der Waals surface area contributed by atoms with Gasteiger partial charge in [-0.05, 0) is 53.1 Å². The summed E-state index contributed by atoms with van der Waals surface area (Å²) < 4.78 is 11.0. The van der Waals surface area contributed by atoms with Gasteiger partial charge in [0, 0.05) is 18.6 Å². The molecule has 4 nitrogen and oxygen atoms in total. The number of ether oxygens (including phenoxy) is 2. The first kappa shape index (κ1) is 14.8. The average Bonchev–Trinajstić information content (AvgIpc) is 2.80. The Morgan fingerprint density at radius 1 is 1.32 bits per heavy atom. The molecule has 0 amide bonds. The van der Waals surface area contributed by atoms with Crippen LogP contribution in [0.3, 0.4) is 0 Å². The molecule has 0 radical (unpaired) electrons. The van der Waals surface area contributed by atoms with Gasteiger partial charge in [-0.25, -0.2) is 0 Å². The molecule has 0 spiro atoms. The molecule has 0 aromatic carbocycles. The third kappa shape index (κ3) is 4.46. The molecule has 2 aliphatic rings. The molecule has 2 saturated heterocycles. The maximum atomic E-state index is 12.0. The van der Waals surface area contributed by atoms with Gasteiger partial charge in [-0.2, -0.15) is 0 Å². The number of hydrogen-bond acceptors (Lipinski definition) is 4. The Balaban J connectivity index is 1.90. The van der Waals surface area contributed by atoms with E-state index in [1.165, 1.54) is 25.9 Å². The van der Waals surface area contributed by atoms with E-state index in [2.05, 4.69) is 4.90 Å². The molecule has 0 aliphatic carbocycles. The number of nitrogens with zero attached hydrogens (tertiary/aromatic N) is 1. The summed E-state index contributed by atoms with van der Waals surface area (Å²) in [6.45, 7) is 9.62. The Morgan fingerprint density at radius 3 is 2.63 bits per heavy atom. The van der Waals surface area contributed by atoms with E-state index in [-0.39, 0.29) is 5.97 Å². The van der Waals surface area contributed by atoms with Crippen molar-refractivity contribution in [2.75, 3.05) is 26.3 Å².